The normalized spacial score (nSPS) is 18.4. The molecule has 0 bridgehead atoms. The Hall–Kier alpha value is -0.400. The van der Waals surface area contributed by atoms with Gasteiger partial charge in [-0.05, 0) is 25.0 Å². The summed E-state index contributed by atoms with van der Waals surface area (Å²) in [6.45, 7) is -0.0457. The van der Waals surface area contributed by atoms with Crippen molar-refractivity contribution < 1.29 is 17.9 Å². The molecule has 21 heavy (non-hydrogen) atoms. The van der Waals surface area contributed by atoms with Gasteiger partial charge in [0.15, 0.2) is 5.82 Å². The van der Waals surface area contributed by atoms with Crippen molar-refractivity contribution in [3.05, 3.63) is 28.0 Å². The Bertz CT molecular complexity index is 645. The number of likely N-dealkylation sites (N-methyl/N-ethyl adjacent to an activating group) is 1. The maximum absolute atomic E-state index is 13.7. The van der Waals surface area contributed by atoms with E-state index in [1.807, 2.05) is 0 Å². The third-order valence-corrected chi connectivity index (χ3v) is 6.36. The van der Waals surface area contributed by atoms with E-state index in [1.165, 1.54) is 7.05 Å². The van der Waals surface area contributed by atoms with Gasteiger partial charge in [0.2, 0.25) is 10.0 Å². The number of aliphatic hydroxyl groups is 1. The molecule has 0 heterocycles. The van der Waals surface area contributed by atoms with Gasteiger partial charge in [0.1, 0.15) is 4.90 Å². The lowest BCUT2D eigenvalue weighted by Crippen LogP contribution is -2.42. The molecule has 0 aliphatic heterocycles. The lowest BCUT2D eigenvalue weighted by molar-refractivity contribution is 0.0333. The van der Waals surface area contributed by atoms with Crippen molar-refractivity contribution in [3.63, 3.8) is 0 Å². The van der Waals surface area contributed by atoms with Crippen LogP contribution in [0.1, 0.15) is 25.7 Å². The maximum Gasteiger partial charge on any atom is 0.244 e. The highest BCUT2D eigenvalue weighted by atomic mass is 35.5. The molecule has 1 N–H and O–H groups in total. The number of nitrogens with zero attached hydrogens (tertiary/aromatic N) is 1. The van der Waals surface area contributed by atoms with E-state index < -0.39 is 26.5 Å². The standard InChI is InChI=1S/C13H16Cl2FNO3S/c1-17(8-13(18)6-2-3-7-13)21(19,20)10-5-4-9(14)12(16)11(10)15/h4-5,18H,2-3,6-8H2,1H3. The van der Waals surface area contributed by atoms with Gasteiger partial charge in [0.05, 0.1) is 15.6 Å². The highest BCUT2D eigenvalue weighted by Crippen LogP contribution is 2.34. The van der Waals surface area contributed by atoms with Crippen LogP contribution in [0.3, 0.4) is 0 Å². The van der Waals surface area contributed by atoms with Gasteiger partial charge in [-0.3, -0.25) is 0 Å². The van der Waals surface area contributed by atoms with E-state index in [9.17, 15) is 17.9 Å². The van der Waals surface area contributed by atoms with Crippen molar-refractivity contribution in [2.45, 2.75) is 36.2 Å². The molecule has 1 saturated carbocycles. The number of halogens is 3. The van der Waals surface area contributed by atoms with Gasteiger partial charge < -0.3 is 5.11 Å². The average molecular weight is 356 g/mol. The van der Waals surface area contributed by atoms with Crippen LogP contribution >= 0.6 is 23.2 Å². The third-order valence-electron chi connectivity index (χ3n) is 3.74. The van der Waals surface area contributed by atoms with Crippen molar-refractivity contribution in [3.8, 4) is 0 Å². The molecule has 1 aliphatic carbocycles. The molecule has 118 valence electrons. The average Bonchev–Trinajstić information content (AvgIpc) is 2.82. The molecule has 1 aromatic carbocycles. The van der Waals surface area contributed by atoms with Crippen LogP contribution in [0.5, 0.6) is 0 Å². The van der Waals surface area contributed by atoms with Gasteiger partial charge in [0, 0.05) is 13.6 Å². The van der Waals surface area contributed by atoms with Crippen molar-refractivity contribution in [2.75, 3.05) is 13.6 Å². The molecule has 2 rings (SSSR count). The molecule has 1 aromatic rings. The van der Waals surface area contributed by atoms with E-state index in [4.69, 9.17) is 23.2 Å². The fourth-order valence-corrected chi connectivity index (χ4v) is 4.53. The van der Waals surface area contributed by atoms with Crippen LogP contribution in [-0.4, -0.2) is 37.0 Å². The van der Waals surface area contributed by atoms with Crippen LogP contribution in [0, 0.1) is 5.82 Å². The van der Waals surface area contributed by atoms with Gasteiger partial charge in [-0.25, -0.2) is 12.8 Å². The molecule has 0 spiro atoms. The van der Waals surface area contributed by atoms with E-state index >= 15 is 0 Å². The van der Waals surface area contributed by atoms with Crippen LogP contribution in [0.25, 0.3) is 0 Å². The van der Waals surface area contributed by atoms with Crippen LogP contribution in [0.4, 0.5) is 4.39 Å². The third kappa shape index (κ3) is 3.35. The number of hydrogen-bond donors (Lipinski definition) is 1. The van der Waals surface area contributed by atoms with E-state index in [1.54, 1.807) is 0 Å². The minimum absolute atomic E-state index is 0.0457. The van der Waals surface area contributed by atoms with E-state index in [2.05, 4.69) is 0 Å². The first-order valence-corrected chi connectivity index (χ1v) is 8.69. The summed E-state index contributed by atoms with van der Waals surface area (Å²) in [5, 5.41) is 9.53. The monoisotopic (exact) mass is 355 g/mol. The molecule has 4 nitrogen and oxygen atoms in total. The minimum Gasteiger partial charge on any atom is -0.389 e. The van der Waals surface area contributed by atoms with Gasteiger partial charge in [0.25, 0.3) is 0 Å². The van der Waals surface area contributed by atoms with Crippen molar-refractivity contribution in [2.24, 2.45) is 0 Å². The first kappa shape index (κ1) is 17.0. The number of benzene rings is 1. The highest BCUT2D eigenvalue weighted by Gasteiger charge is 2.36. The lowest BCUT2D eigenvalue weighted by atomic mass is 10.0. The molecular formula is C13H16Cl2FNO3S. The van der Waals surface area contributed by atoms with E-state index in [-0.39, 0.29) is 16.5 Å². The van der Waals surface area contributed by atoms with Gasteiger partial charge in [-0.1, -0.05) is 36.0 Å². The first-order chi connectivity index (χ1) is 9.67. The van der Waals surface area contributed by atoms with Gasteiger partial charge in [-0.15, -0.1) is 0 Å². The Balaban J connectivity index is 2.31. The lowest BCUT2D eigenvalue weighted by Gasteiger charge is -2.28. The molecule has 1 aliphatic rings. The Morgan fingerprint density at radius 3 is 2.48 bits per heavy atom. The minimum atomic E-state index is -3.99. The predicted octanol–water partition coefficient (Wildman–Crippen LogP) is 3.06. The summed E-state index contributed by atoms with van der Waals surface area (Å²) < 4.78 is 39.6. The summed E-state index contributed by atoms with van der Waals surface area (Å²) in [7, 11) is -2.65. The van der Waals surface area contributed by atoms with Crippen molar-refractivity contribution in [1.29, 1.82) is 0 Å². The zero-order valence-corrected chi connectivity index (χ0v) is 13.8. The van der Waals surface area contributed by atoms with Crippen LogP contribution in [0.15, 0.2) is 17.0 Å². The molecule has 1 fully saturated rings. The largest absolute Gasteiger partial charge is 0.389 e. The Labute approximate surface area is 133 Å². The quantitative estimate of drug-likeness (QED) is 0.844. The molecule has 0 amide bonds. The fraction of sp³-hybridized carbons (Fsp3) is 0.538. The number of sulfonamides is 1. The molecule has 0 atom stereocenters. The second-order valence-electron chi connectivity index (χ2n) is 5.37. The van der Waals surface area contributed by atoms with Gasteiger partial charge in [-0.2, -0.15) is 4.31 Å². The summed E-state index contributed by atoms with van der Waals surface area (Å²) in [4.78, 5) is -0.352. The Kier molecular flexibility index (Phi) is 4.85. The summed E-state index contributed by atoms with van der Waals surface area (Å²) in [5.74, 6) is -0.965. The molecule has 8 heteroatoms. The second-order valence-corrected chi connectivity index (χ2v) is 8.16. The second kappa shape index (κ2) is 6.01. The first-order valence-electron chi connectivity index (χ1n) is 6.50. The van der Waals surface area contributed by atoms with Gasteiger partial charge >= 0.3 is 0 Å². The number of hydrogen-bond acceptors (Lipinski definition) is 3. The van der Waals surface area contributed by atoms with E-state index in [0.717, 1.165) is 29.3 Å². The van der Waals surface area contributed by atoms with Crippen molar-refractivity contribution in [1.82, 2.24) is 4.31 Å². The van der Waals surface area contributed by atoms with Crippen LogP contribution < -0.4 is 0 Å². The molecular weight excluding hydrogens is 340 g/mol. The molecule has 0 unspecified atom stereocenters. The van der Waals surface area contributed by atoms with Crippen LogP contribution in [0.2, 0.25) is 10.0 Å². The summed E-state index contributed by atoms with van der Waals surface area (Å²) in [6.07, 6.45) is 2.83. The maximum atomic E-state index is 13.7. The predicted molar refractivity (Wildman–Crippen MR) is 79.7 cm³/mol. The zero-order valence-electron chi connectivity index (χ0n) is 11.4. The smallest absolute Gasteiger partial charge is 0.244 e. The van der Waals surface area contributed by atoms with Crippen LogP contribution in [-0.2, 0) is 10.0 Å². The zero-order chi connectivity index (χ0) is 15.8. The molecule has 0 saturated heterocycles. The highest BCUT2D eigenvalue weighted by molar-refractivity contribution is 7.89. The van der Waals surface area contributed by atoms with Crippen molar-refractivity contribution >= 4 is 33.2 Å². The Morgan fingerprint density at radius 2 is 1.90 bits per heavy atom. The number of rotatable bonds is 4. The molecule has 0 radical (unpaired) electrons. The summed E-state index contributed by atoms with van der Waals surface area (Å²) >= 11 is 11.3. The summed E-state index contributed by atoms with van der Waals surface area (Å²) in [5.41, 5.74) is -1.03. The fourth-order valence-electron chi connectivity index (χ4n) is 2.57. The Morgan fingerprint density at radius 1 is 1.33 bits per heavy atom. The van der Waals surface area contributed by atoms with E-state index in [0.29, 0.717) is 12.8 Å². The SMILES string of the molecule is CN(CC1(O)CCCC1)S(=O)(=O)c1ccc(Cl)c(F)c1Cl. The molecule has 0 aromatic heterocycles. The summed E-state index contributed by atoms with van der Waals surface area (Å²) in [6, 6.07) is 2.31. The topological polar surface area (TPSA) is 57.6 Å².